The van der Waals surface area contributed by atoms with Crippen LogP contribution in [-0.4, -0.2) is 38.6 Å². The van der Waals surface area contributed by atoms with E-state index < -0.39 is 0 Å². The van der Waals surface area contributed by atoms with Crippen molar-refractivity contribution in [3.8, 4) is 11.3 Å². The average Bonchev–Trinajstić information content (AvgIpc) is 3.53. The maximum Gasteiger partial charge on any atom is 0.276 e. The molecule has 4 aromatic rings. The van der Waals surface area contributed by atoms with Crippen molar-refractivity contribution < 1.29 is 9.32 Å². The number of nitrogens with zero attached hydrogens (tertiary/aromatic N) is 4. The molecule has 0 spiro atoms. The number of carbonyl (C=O) groups is 1. The SMILES string of the molecule is CC(C)C(c1nc(-c2cccc(Cl)c2)cn1Cc1ccccc1)N(CCCN)C(=O)c1ccon1. The minimum atomic E-state index is -0.303. The predicted molar refractivity (Wildman–Crippen MR) is 137 cm³/mol. The van der Waals surface area contributed by atoms with Crippen molar-refractivity contribution in [2.75, 3.05) is 13.1 Å². The van der Waals surface area contributed by atoms with E-state index in [1.54, 1.807) is 6.07 Å². The van der Waals surface area contributed by atoms with Gasteiger partial charge in [-0.3, -0.25) is 4.79 Å². The zero-order valence-electron chi connectivity index (χ0n) is 20.0. The molecule has 2 heterocycles. The van der Waals surface area contributed by atoms with Gasteiger partial charge in [0.05, 0.1) is 11.7 Å². The van der Waals surface area contributed by atoms with Crippen LogP contribution in [0.25, 0.3) is 11.3 Å². The summed E-state index contributed by atoms with van der Waals surface area (Å²) in [5.41, 5.74) is 8.96. The Morgan fingerprint density at radius 2 is 1.94 bits per heavy atom. The molecule has 35 heavy (non-hydrogen) atoms. The molecule has 2 N–H and O–H groups in total. The number of aromatic nitrogens is 3. The highest BCUT2D eigenvalue weighted by atomic mass is 35.5. The first kappa shape index (κ1) is 24.7. The van der Waals surface area contributed by atoms with Gasteiger partial charge in [0.2, 0.25) is 0 Å². The summed E-state index contributed by atoms with van der Waals surface area (Å²) in [6.45, 7) is 5.76. The normalized spacial score (nSPS) is 12.1. The zero-order chi connectivity index (χ0) is 24.8. The van der Waals surface area contributed by atoms with E-state index in [2.05, 4.69) is 35.7 Å². The van der Waals surface area contributed by atoms with E-state index >= 15 is 0 Å². The van der Waals surface area contributed by atoms with E-state index in [0.29, 0.717) is 31.1 Å². The van der Waals surface area contributed by atoms with E-state index in [1.807, 2.05) is 53.6 Å². The first-order valence-electron chi connectivity index (χ1n) is 11.8. The summed E-state index contributed by atoms with van der Waals surface area (Å²) >= 11 is 6.28. The molecule has 1 amide bonds. The van der Waals surface area contributed by atoms with Gasteiger partial charge in [-0.2, -0.15) is 0 Å². The van der Waals surface area contributed by atoms with Crippen molar-refractivity contribution >= 4 is 17.5 Å². The van der Waals surface area contributed by atoms with E-state index in [0.717, 1.165) is 22.6 Å². The van der Waals surface area contributed by atoms with Crippen LogP contribution in [0.4, 0.5) is 0 Å². The second kappa shape index (κ2) is 11.3. The van der Waals surface area contributed by atoms with Crippen LogP contribution in [0.3, 0.4) is 0 Å². The molecule has 0 saturated heterocycles. The van der Waals surface area contributed by atoms with Gasteiger partial charge >= 0.3 is 0 Å². The highest BCUT2D eigenvalue weighted by Gasteiger charge is 2.33. The van der Waals surface area contributed by atoms with E-state index in [9.17, 15) is 4.79 Å². The van der Waals surface area contributed by atoms with Gasteiger partial charge in [-0.1, -0.05) is 73.1 Å². The van der Waals surface area contributed by atoms with Crippen molar-refractivity contribution in [2.24, 2.45) is 11.7 Å². The molecule has 0 radical (unpaired) electrons. The second-order valence-electron chi connectivity index (χ2n) is 8.82. The number of halogens is 1. The molecule has 0 aliphatic heterocycles. The summed E-state index contributed by atoms with van der Waals surface area (Å²) in [5.74, 6) is 0.671. The lowest BCUT2D eigenvalue weighted by Crippen LogP contribution is -2.40. The number of benzene rings is 2. The molecule has 4 rings (SSSR count). The average molecular weight is 492 g/mol. The van der Waals surface area contributed by atoms with Gasteiger partial charge in [-0.15, -0.1) is 0 Å². The minimum absolute atomic E-state index is 0.0766. The van der Waals surface area contributed by atoms with E-state index in [1.165, 1.54) is 6.26 Å². The topological polar surface area (TPSA) is 90.2 Å². The van der Waals surface area contributed by atoms with E-state index in [-0.39, 0.29) is 23.6 Å². The number of hydrogen-bond acceptors (Lipinski definition) is 5. The number of amides is 1. The van der Waals surface area contributed by atoms with Gasteiger partial charge < -0.3 is 19.7 Å². The number of rotatable bonds is 10. The highest BCUT2D eigenvalue weighted by Crippen LogP contribution is 2.33. The lowest BCUT2D eigenvalue weighted by molar-refractivity contribution is 0.0594. The van der Waals surface area contributed by atoms with Gasteiger partial charge in [0, 0.05) is 35.9 Å². The molecular formula is C27H30ClN5O2. The van der Waals surface area contributed by atoms with Gasteiger partial charge in [0.15, 0.2) is 5.69 Å². The van der Waals surface area contributed by atoms with Crippen molar-refractivity contribution in [3.05, 3.63) is 95.2 Å². The lowest BCUT2D eigenvalue weighted by atomic mass is 10.00. The highest BCUT2D eigenvalue weighted by molar-refractivity contribution is 6.30. The Hall–Kier alpha value is -3.42. The Kier molecular flexibility index (Phi) is 8.00. The standard InChI is InChI=1S/C27H30ClN5O2/c1-19(2)25(33(14-7-13-29)27(34)23-12-15-35-31-23)26-30-24(21-10-6-11-22(28)16-21)18-32(26)17-20-8-4-3-5-9-20/h3-6,8-12,15-16,18-19,25H,7,13-14,17,29H2,1-2H3. The third kappa shape index (κ3) is 5.81. The molecular weight excluding hydrogens is 462 g/mol. The first-order chi connectivity index (χ1) is 17.0. The van der Waals surface area contributed by atoms with Crippen LogP contribution >= 0.6 is 11.6 Å². The summed E-state index contributed by atoms with van der Waals surface area (Å²) in [6, 6.07) is 19.1. The molecule has 0 fully saturated rings. The molecule has 1 unspecified atom stereocenters. The Bertz CT molecular complexity index is 1240. The molecule has 182 valence electrons. The number of nitrogens with two attached hydrogens (primary N) is 1. The molecule has 8 heteroatoms. The Morgan fingerprint density at radius 1 is 1.14 bits per heavy atom. The molecule has 2 aromatic heterocycles. The monoisotopic (exact) mass is 491 g/mol. The third-order valence-electron chi connectivity index (χ3n) is 5.88. The van der Waals surface area contributed by atoms with Crippen LogP contribution in [0, 0.1) is 5.92 Å². The molecule has 0 aliphatic carbocycles. The van der Waals surface area contributed by atoms with Crippen molar-refractivity contribution in [2.45, 2.75) is 32.9 Å². The zero-order valence-corrected chi connectivity index (χ0v) is 20.7. The van der Waals surface area contributed by atoms with Crippen LogP contribution < -0.4 is 5.73 Å². The van der Waals surface area contributed by atoms with Gasteiger partial charge in [0.1, 0.15) is 12.1 Å². The summed E-state index contributed by atoms with van der Waals surface area (Å²) in [7, 11) is 0. The Balaban J connectivity index is 1.82. The quantitative estimate of drug-likeness (QED) is 0.319. The van der Waals surface area contributed by atoms with Gasteiger partial charge in [-0.25, -0.2) is 4.98 Å². The van der Waals surface area contributed by atoms with Crippen LogP contribution in [0.15, 0.2) is 77.6 Å². The lowest BCUT2D eigenvalue weighted by Gasteiger charge is -2.34. The van der Waals surface area contributed by atoms with Crippen LogP contribution in [0.2, 0.25) is 5.02 Å². The second-order valence-corrected chi connectivity index (χ2v) is 9.26. The maximum absolute atomic E-state index is 13.5. The predicted octanol–water partition coefficient (Wildman–Crippen LogP) is 5.43. The van der Waals surface area contributed by atoms with E-state index in [4.69, 9.17) is 26.8 Å². The van der Waals surface area contributed by atoms with Gasteiger partial charge in [-0.05, 0) is 36.6 Å². The third-order valence-corrected chi connectivity index (χ3v) is 6.11. The number of carbonyl (C=O) groups excluding carboxylic acids is 1. The molecule has 7 nitrogen and oxygen atoms in total. The summed E-state index contributed by atoms with van der Waals surface area (Å²) in [6.07, 6.45) is 4.10. The summed E-state index contributed by atoms with van der Waals surface area (Å²) < 4.78 is 7.08. The number of hydrogen-bond donors (Lipinski definition) is 1. The largest absolute Gasteiger partial charge is 0.364 e. The van der Waals surface area contributed by atoms with Crippen molar-refractivity contribution in [1.29, 1.82) is 0 Å². The fraction of sp³-hybridized carbons (Fsp3) is 0.296. The fourth-order valence-corrected chi connectivity index (χ4v) is 4.45. The van der Waals surface area contributed by atoms with Crippen molar-refractivity contribution in [1.82, 2.24) is 19.6 Å². The summed E-state index contributed by atoms with van der Waals surface area (Å²) in [5, 5.41) is 4.54. The van der Waals surface area contributed by atoms with Crippen LogP contribution in [0.5, 0.6) is 0 Å². The van der Waals surface area contributed by atoms with Crippen LogP contribution in [0.1, 0.15) is 48.2 Å². The Morgan fingerprint density at radius 3 is 2.60 bits per heavy atom. The number of imidazole rings is 1. The molecule has 1 atom stereocenters. The first-order valence-corrected chi connectivity index (χ1v) is 12.1. The minimum Gasteiger partial charge on any atom is -0.364 e. The molecule has 2 aromatic carbocycles. The molecule has 0 bridgehead atoms. The maximum atomic E-state index is 13.5. The fourth-order valence-electron chi connectivity index (χ4n) is 4.26. The summed E-state index contributed by atoms with van der Waals surface area (Å²) in [4.78, 5) is 20.4. The van der Waals surface area contributed by atoms with Crippen molar-refractivity contribution in [3.63, 3.8) is 0 Å². The molecule has 0 saturated carbocycles. The van der Waals surface area contributed by atoms with Gasteiger partial charge in [0.25, 0.3) is 5.91 Å². The Labute approximate surface area is 210 Å². The van der Waals surface area contributed by atoms with Crippen LogP contribution in [-0.2, 0) is 6.54 Å². The smallest absolute Gasteiger partial charge is 0.276 e. The molecule has 0 aliphatic rings.